The molecule has 0 atom stereocenters. The quantitative estimate of drug-likeness (QED) is 0.337. The minimum Gasteiger partial charge on any atom is -0.492 e. The van der Waals surface area contributed by atoms with Crippen molar-refractivity contribution in [2.24, 2.45) is 5.14 Å². The molecule has 1 aliphatic heterocycles. The van der Waals surface area contributed by atoms with Crippen molar-refractivity contribution in [3.05, 3.63) is 58.7 Å². The van der Waals surface area contributed by atoms with Crippen molar-refractivity contribution in [1.29, 1.82) is 0 Å². The zero-order valence-electron chi connectivity index (χ0n) is 22.2. The molecule has 0 spiro atoms. The molecule has 0 unspecified atom stereocenters. The van der Waals surface area contributed by atoms with Gasteiger partial charge < -0.3 is 15.0 Å². The van der Waals surface area contributed by atoms with Crippen molar-refractivity contribution in [3.63, 3.8) is 0 Å². The van der Waals surface area contributed by atoms with Crippen LogP contribution >= 0.6 is 15.9 Å². The zero-order valence-corrected chi connectivity index (χ0v) is 24.6. The van der Waals surface area contributed by atoms with E-state index in [1.807, 2.05) is 62.9 Å². The van der Waals surface area contributed by atoms with Gasteiger partial charge in [0.15, 0.2) is 0 Å². The number of nitrogens with zero attached hydrogens (tertiary/aromatic N) is 4. The molecule has 204 valence electrons. The minimum atomic E-state index is -3.92. The Kier molecular flexibility index (Phi) is 8.61. The van der Waals surface area contributed by atoms with Crippen LogP contribution in [-0.2, 0) is 10.0 Å². The van der Waals surface area contributed by atoms with Gasteiger partial charge in [-0.25, -0.2) is 18.5 Å². The first-order chi connectivity index (χ1) is 17.9. The molecule has 4 rings (SSSR count). The number of hydrogen-bond acceptors (Lipinski definition) is 8. The largest absolute Gasteiger partial charge is 0.492 e. The van der Waals surface area contributed by atoms with E-state index in [4.69, 9.17) is 14.9 Å². The number of halogens is 1. The van der Waals surface area contributed by atoms with Gasteiger partial charge in [-0.15, -0.1) is 0 Å². The number of aromatic nitrogens is 2. The van der Waals surface area contributed by atoms with E-state index in [9.17, 15) is 8.42 Å². The Bertz CT molecular complexity index is 1370. The lowest BCUT2D eigenvalue weighted by Crippen LogP contribution is -2.39. The van der Waals surface area contributed by atoms with Crippen molar-refractivity contribution in [2.45, 2.75) is 51.0 Å². The Morgan fingerprint density at radius 1 is 1.13 bits per heavy atom. The van der Waals surface area contributed by atoms with E-state index in [1.165, 1.54) is 12.8 Å². The summed E-state index contributed by atoms with van der Waals surface area (Å²) < 4.78 is 30.6. The van der Waals surface area contributed by atoms with E-state index in [1.54, 1.807) is 18.3 Å². The van der Waals surface area contributed by atoms with Crippen molar-refractivity contribution in [1.82, 2.24) is 14.9 Å². The molecule has 0 radical (unpaired) electrons. The molecular weight excluding hydrogens is 568 g/mol. The van der Waals surface area contributed by atoms with E-state index in [2.05, 4.69) is 31.1 Å². The maximum atomic E-state index is 12.2. The number of rotatable bonds is 9. The van der Waals surface area contributed by atoms with E-state index in [0.717, 1.165) is 36.6 Å². The third kappa shape index (κ3) is 7.02. The maximum Gasteiger partial charge on any atom is 0.239 e. The molecule has 3 N–H and O–H groups in total. The molecule has 9 nitrogen and oxygen atoms in total. The summed E-state index contributed by atoms with van der Waals surface area (Å²) in [5.41, 5.74) is 1.88. The van der Waals surface area contributed by atoms with Crippen molar-refractivity contribution in [2.75, 3.05) is 36.5 Å². The molecule has 3 aromatic rings. The summed E-state index contributed by atoms with van der Waals surface area (Å²) in [6.45, 7) is 11.9. The molecule has 38 heavy (non-hydrogen) atoms. The molecule has 11 heteroatoms. The highest BCUT2D eigenvalue weighted by atomic mass is 79.9. The Balaban J connectivity index is 1.55. The highest BCUT2D eigenvalue weighted by molar-refractivity contribution is 9.10. The molecule has 2 heterocycles. The van der Waals surface area contributed by atoms with E-state index in [0.29, 0.717) is 28.5 Å². The van der Waals surface area contributed by atoms with Crippen LogP contribution in [0.2, 0.25) is 0 Å². The second-order valence-electron chi connectivity index (χ2n) is 10.4. The summed E-state index contributed by atoms with van der Waals surface area (Å²) in [4.78, 5) is 13.7. The average Bonchev–Trinajstić information content (AvgIpc) is 3.35. The third-order valence-corrected chi connectivity index (χ3v) is 8.20. The summed E-state index contributed by atoms with van der Waals surface area (Å²) in [6.07, 6.45) is 4.30. The maximum absolute atomic E-state index is 12.2. The minimum absolute atomic E-state index is 0.0112. The van der Waals surface area contributed by atoms with E-state index >= 15 is 0 Å². The number of aryl methyl sites for hydroxylation is 1. The molecule has 1 aromatic heterocycles. The van der Waals surface area contributed by atoms with Crippen LogP contribution in [-0.4, -0.2) is 55.1 Å². The van der Waals surface area contributed by atoms with Gasteiger partial charge in [-0.3, -0.25) is 4.90 Å². The lowest BCUT2D eigenvalue weighted by atomic mass is 10.0. The van der Waals surface area contributed by atoms with Gasteiger partial charge in [-0.05, 0) is 112 Å². The smallest absolute Gasteiger partial charge is 0.239 e. The standard InChI is InChI=1S/C27H35BrN6O3S/c1-19-18-30-26(31-20-7-10-22(11-8-20)37-16-15-33-13-5-6-14-33)32-25(19)34(27(2,3)4)21-9-12-23(28)24(17-21)38(29,35)36/h7-12,17-18H,5-6,13-16H2,1-4H3,(H2,29,35,36)(H,30,31,32). The highest BCUT2D eigenvalue weighted by Gasteiger charge is 2.28. The van der Waals surface area contributed by atoms with Crippen LogP contribution in [0.3, 0.4) is 0 Å². The zero-order chi connectivity index (χ0) is 27.5. The van der Waals surface area contributed by atoms with Gasteiger partial charge >= 0.3 is 0 Å². The predicted molar refractivity (Wildman–Crippen MR) is 155 cm³/mol. The predicted octanol–water partition coefficient (Wildman–Crippen LogP) is 5.35. The van der Waals surface area contributed by atoms with Crippen LogP contribution in [0.15, 0.2) is 58.0 Å². The molecule has 1 fully saturated rings. The van der Waals surface area contributed by atoms with Gasteiger partial charge in [0.1, 0.15) is 18.2 Å². The fourth-order valence-electron chi connectivity index (χ4n) is 4.46. The average molecular weight is 604 g/mol. The second kappa shape index (κ2) is 11.6. The van der Waals surface area contributed by atoms with Crippen LogP contribution in [0, 0.1) is 6.92 Å². The number of likely N-dealkylation sites (tertiary alicyclic amines) is 1. The molecule has 1 aliphatic rings. The van der Waals surface area contributed by atoms with E-state index < -0.39 is 15.6 Å². The van der Waals surface area contributed by atoms with Crippen LogP contribution < -0.4 is 20.1 Å². The Morgan fingerprint density at radius 2 is 1.82 bits per heavy atom. The van der Waals surface area contributed by atoms with Crippen LogP contribution in [0.1, 0.15) is 39.2 Å². The fourth-order valence-corrected chi connectivity index (χ4v) is 6.01. The van der Waals surface area contributed by atoms with Gasteiger partial charge in [0.2, 0.25) is 16.0 Å². The van der Waals surface area contributed by atoms with Gasteiger partial charge in [0.05, 0.1) is 4.90 Å². The number of anilines is 4. The number of primary sulfonamides is 1. The molecular formula is C27H35BrN6O3S. The highest BCUT2D eigenvalue weighted by Crippen LogP contribution is 2.37. The summed E-state index contributed by atoms with van der Waals surface area (Å²) in [7, 11) is -3.92. The number of sulfonamides is 1. The molecule has 0 aliphatic carbocycles. The monoisotopic (exact) mass is 602 g/mol. The summed E-state index contributed by atoms with van der Waals surface area (Å²) in [6, 6.07) is 12.8. The Hall–Kier alpha value is -2.73. The van der Waals surface area contributed by atoms with Gasteiger partial charge in [0, 0.05) is 39.7 Å². The Labute approximate surface area is 233 Å². The topological polar surface area (TPSA) is 114 Å². The van der Waals surface area contributed by atoms with E-state index in [-0.39, 0.29) is 4.90 Å². The first kappa shape index (κ1) is 28.3. The molecule has 0 amide bonds. The van der Waals surface area contributed by atoms with Gasteiger partial charge in [-0.2, -0.15) is 4.98 Å². The fraction of sp³-hybridized carbons (Fsp3) is 0.407. The number of ether oxygens (including phenoxy) is 1. The van der Waals surface area contributed by atoms with Gasteiger partial charge in [-0.1, -0.05) is 0 Å². The number of benzene rings is 2. The molecule has 0 bridgehead atoms. The Morgan fingerprint density at radius 3 is 2.45 bits per heavy atom. The number of nitrogens with one attached hydrogen (secondary N) is 1. The number of nitrogens with two attached hydrogens (primary N) is 1. The normalized spacial score (nSPS) is 14.5. The van der Waals surface area contributed by atoms with Crippen molar-refractivity contribution in [3.8, 4) is 5.75 Å². The third-order valence-electron chi connectivity index (χ3n) is 6.29. The summed E-state index contributed by atoms with van der Waals surface area (Å²) >= 11 is 3.29. The molecule has 0 saturated carbocycles. The molecule has 1 saturated heterocycles. The van der Waals surface area contributed by atoms with Crippen LogP contribution in [0.4, 0.5) is 23.1 Å². The second-order valence-corrected chi connectivity index (χ2v) is 12.8. The summed E-state index contributed by atoms with van der Waals surface area (Å²) in [5.74, 6) is 1.89. The van der Waals surface area contributed by atoms with Crippen LogP contribution in [0.25, 0.3) is 0 Å². The van der Waals surface area contributed by atoms with Gasteiger partial charge in [0.25, 0.3) is 0 Å². The SMILES string of the molecule is Cc1cnc(Nc2ccc(OCCN3CCCC3)cc2)nc1N(c1ccc(Br)c(S(N)(=O)=O)c1)C(C)(C)C. The lowest BCUT2D eigenvalue weighted by molar-refractivity contribution is 0.238. The molecule has 2 aromatic carbocycles. The lowest BCUT2D eigenvalue weighted by Gasteiger charge is -2.38. The van der Waals surface area contributed by atoms with Crippen LogP contribution in [0.5, 0.6) is 5.75 Å². The first-order valence-electron chi connectivity index (χ1n) is 12.6. The summed E-state index contributed by atoms with van der Waals surface area (Å²) in [5, 5.41) is 8.72. The van der Waals surface area contributed by atoms with Crippen molar-refractivity contribution >= 4 is 49.1 Å². The van der Waals surface area contributed by atoms with Crippen molar-refractivity contribution < 1.29 is 13.2 Å². The number of hydrogen-bond donors (Lipinski definition) is 2. The first-order valence-corrected chi connectivity index (χ1v) is 14.9.